The van der Waals surface area contributed by atoms with Crippen LogP contribution < -0.4 is 5.32 Å². The molecule has 4 heteroatoms. The third kappa shape index (κ3) is 2.32. The molecule has 1 aliphatic heterocycles. The standard InChI is InChI=1S/C14H15N3O/c1-3-6-10-11(4-2)17-13(18)9-16-14(10)12-7-5-8-15-12/h3-8,15H,2,9H2,1H3,(H,17,18)/b6-3+. The second kappa shape index (κ2) is 5.31. The Bertz CT molecular complexity index is 548. The van der Waals surface area contributed by atoms with Gasteiger partial charge in [0.15, 0.2) is 0 Å². The molecular formula is C14H15N3O. The number of aromatic nitrogens is 1. The van der Waals surface area contributed by atoms with Gasteiger partial charge in [0.25, 0.3) is 0 Å². The highest BCUT2D eigenvalue weighted by molar-refractivity contribution is 6.15. The van der Waals surface area contributed by atoms with Crippen LogP contribution in [0.2, 0.25) is 0 Å². The molecule has 18 heavy (non-hydrogen) atoms. The average Bonchev–Trinajstić information content (AvgIpc) is 2.84. The summed E-state index contributed by atoms with van der Waals surface area (Å²) >= 11 is 0. The van der Waals surface area contributed by atoms with Crippen LogP contribution in [-0.2, 0) is 4.79 Å². The smallest absolute Gasteiger partial charge is 0.246 e. The van der Waals surface area contributed by atoms with Crippen LogP contribution in [0, 0.1) is 0 Å². The first kappa shape index (κ1) is 12.1. The second-order valence-corrected chi connectivity index (χ2v) is 3.83. The number of amides is 1. The van der Waals surface area contributed by atoms with Gasteiger partial charge in [0, 0.05) is 17.5 Å². The number of hydrogen-bond donors (Lipinski definition) is 2. The summed E-state index contributed by atoms with van der Waals surface area (Å²) in [6.07, 6.45) is 7.30. The van der Waals surface area contributed by atoms with Crippen molar-refractivity contribution in [1.29, 1.82) is 0 Å². The number of rotatable bonds is 3. The molecule has 1 aromatic rings. The van der Waals surface area contributed by atoms with Crippen LogP contribution in [-0.4, -0.2) is 23.1 Å². The van der Waals surface area contributed by atoms with Gasteiger partial charge in [-0.15, -0.1) is 0 Å². The van der Waals surface area contributed by atoms with Gasteiger partial charge in [-0.05, 0) is 25.1 Å². The Labute approximate surface area is 106 Å². The van der Waals surface area contributed by atoms with E-state index in [0.717, 1.165) is 17.0 Å². The van der Waals surface area contributed by atoms with Gasteiger partial charge in [-0.2, -0.15) is 0 Å². The van der Waals surface area contributed by atoms with Gasteiger partial charge in [-0.3, -0.25) is 9.79 Å². The molecule has 2 heterocycles. The number of carbonyl (C=O) groups is 1. The highest BCUT2D eigenvalue weighted by atomic mass is 16.1. The number of nitrogens with one attached hydrogen (secondary N) is 2. The molecule has 0 saturated carbocycles. The monoisotopic (exact) mass is 241 g/mol. The predicted molar refractivity (Wildman–Crippen MR) is 72.4 cm³/mol. The first-order valence-corrected chi connectivity index (χ1v) is 5.74. The zero-order valence-electron chi connectivity index (χ0n) is 10.2. The van der Waals surface area contributed by atoms with Gasteiger partial charge >= 0.3 is 0 Å². The molecule has 2 rings (SSSR count). The molecule has 1 aliphatic rings. The maximum atomic E-state index is 11.6. The zero-order chi connectivity index (χ0) is 13.0. The summed E-state index contributed by atoms with van der Waals surface area (Å²) in [5, 5.41) is 2.80. The SMILES string of the molecule is C=CC1=C(/C=C/C)C(c2ccc[nH]2)=NCC(=O)N1. The van der Waals surface area contributed by atoms with Crippen LogP contribution >= 0.6 is 0 Å². The number of hydrogen-bond acceptors (Lipinski definition) is 2. The summed E-state index contributed by atoms with van der Waals surface area (Å²) in [6, 6.07) is 3.83. The van der Waals surface area contributed by atoms with E-state index in [1.807, 2.05) is 37.4 Å². The summed E-state index contributed by atoms with van der Waals surface area (Å²) in [6.45, 7) is 5.78. The maximum Gasteiger partial charge on any atom is 0.246 e. The van der Waals surface area contributed by atoms with Crippen LogP contribution in [0.1, 0.15) is 12.6 Å². The molecule has 0 saturated heterocycles. The number of H-pyrrole nitrogens is 1. The summed E-state index contributed by atoms with van der Waals surface area (Å²) in [4.78, 5) is 19.1. The van der Waals surface area contributed by atoms with Crippen LogP contribution in [0.25, 0.3) is 0 Å². The van der Waals surface area contributed by atoms with E-state index in [0.29, 0.717) is 5.70 Å². The van der Waals surface area contributed by atoms with E-state index in [1.165, 1.54) is 0 Å². The highest BCUT2D eigenvalue weighted by Crippen LogP contribution is 2.16. The van der Waals surface area contributed by atoms with Gasteiger partial charge < -0.3 is 10.3 Å². The molecule has 2 N–H and O–H groups in total. The Kier molecular flexibility index (Phi) is 3.57. The highest BCUT2D eigenvalue weighted by Gasteiger charge is 2.17. The average molecular weight is 241 g/mol. The fraction of sp³-hybridized carbons (Fsp3) is 0.143. The molecule has 0 radical (unpaired) electrons. The summed E-state index contributed by atoms with van der Waals surface area (Å²) in [5.41, 5.74) is 3.20. The van der Waals surface area contributed by atoms with E-state index in [4.69, 9.17) is 0 Å². The van der Waals surface area contributed by atoms with Crippen molar-refractivity contribution in [2.24, 2.45) is 4.99 Å². The van der Waals surface area contributed by atoms with Crippen LogP contribution in [0.15, 0.2) is 59.4 Å². The fourth-order valence-corrected chi connectivity index (χ4v) is 1.82. The van der Waals surface area contributed by atoms with Crippen LogP contribution in [0.3, 0.4) is 0 Å². The number of aliphatic imine (C=N–C) groups is 1. The lowest BCUT2D eigenvalue weighted by Gasteiger charge is -2.08. The third-order valence-corrected chi connectivity index (χ3v) is 2.59. The van der Waals surface area contributed by atoms with E-state index in [1.54, 1.807) is 6.08 Å². The number of allylic oxidation sites excluding steroid dienone is 4. The topological polar surface area (TPSA) is 57.2 Å². The second-order valence-electron chi connectivity index (χ2n) is 3.83. The summed E-state index contributed by atoms with van der Waals surface area (Å²) in [5.74, 6) is -0.131. The third-order valence-electron chi connectivity index (χ3n) is 2.59. The Morgan fingerprint density at radius 2 is 2.33 bits per heavy atom. The zero-order valence-corrected chi connectivity index (χ0v) is 10.2. The van der Waals surface area contributed by atoms with Crippen molar-refractivity contribution in [2.75, 3.05) is 6.54 Å². The first-order valence-electron chi connectivity index (χ1n) is 5.74. The Hall–Kier alpha value is -2.36. The minimum Gasteiger partial charge on any atom is -0.360 e. The van der Waals surface area contributed by atoms with Gasteiger partial charge in [-0.25, -0.2) is 0 Å². The lowest BCUT2D eigenvalue weighted by atomic mass is 10.0. The quantitative estimate of drug-likeness (QED) is 0.835. The lowest BCUT2D eigenvalue weighted by molar-refractivity contribution is -0.118. The number of aromatic amines is 1. The molecule has 0 aromatic carbocycles. The molecule has 0 bridgehead atoms. The van der Waals surface area contributed by atoms with Crippen molar-refractivity contribution < 1.29 is 4.79 Å². The van der Waals surface area contributed by atoms with E-state index in [2.05, 4.69) is 21.9 Å². The number of nitrogens with zero attached hydrogens (tertiary/aromatic N) is 1. The molecule has 92 valence electrons. The van der Waals surface area contributed by atoms with Crippen LogP contribution in [0.5, 0.6) is 0 Å². The summed E-state index contributed by atoms with van der Waals surface area (Å²) in [7, 11) is 0. The predicted octanol–water partition coefficient (Wildman–Crippen LogP) is 1.95. The van der Waals surface area contributed by atoms with Crippen molar-refractivity contribution in [3.63, 3.8) is 0 Å². The van der Waals surface area contributed by atoms with E-state index < -0.39 is 0 Å². The molecular weight excluding hydrogens is 226 g/mol. The molecule has 1 amide bonds. The molecule has 0 fully saturated rings. The molecule has 0 atom stereocenters. The molecule has 1 aromatic heterocycles. The Morgan fingerprint density at radius 1 is 1.50 bits per heavy atom. The van der Waals surface area contributed by atoms with E-state index in [-0.39, 0.29) is 12.5 Å². The molecule has 0 spiro atoms. The van der Waals surface area contributed by atoms with E-state index >= 15 is 0 Å². The van der Waals surface area contributed by atoms with Crippen molar-refractivity contribution in [3.8, 4) is 0 Å². The van der Waals surface area contributed by atoms with Gasteiger partial charge in [0.2, 0.25) is 5.91 Å². The maximum absolute atomic E-state index is 11.6. The van der Waals surface area contributed by atoms with Crippen molar-refractivity contribution in [3.05, 3.63) is 60.1 Å². The van der Waals surface area contributed by atoms with Crippen LogP contribution in [0.4, 0.5) is 0 Å². The largest absolute Gasteiger partial charge is 0.360 e. The Morgan fingerprint density at radius 3 is 2.94 bits per heavy atom. The fourth-order valence-electron chi connectivity index (χ4n) is 1.82. The molecule has 0 aliphatic carbocycles. The van der Waals surface area contributed by atoms with Gasteiger partial charge in [0.05, 0.1) is 11.4 Å². The molecule has 0 unspecified atom stereocenters. The van der Waals surface area contributed by atoms with Gasteiger partial charge in [0.1, 0.15) is 6.54 Å². The Balaban J connectivity index is 2.58. The lowest BCUT2D eigenvalue weighted by Crippen LogP contribution is -2.23. The van der Waals surface area contributed by atoms with Gasteiger partial charge in [-0.1, -0.05) is 18.7 Å². The van der Waals surface area contributed by atoms with Crippen molar-refractivity contribution in [2.45, 2.75) is 6.92 Å². The first-order chi connectivity index (χ1) is 8.76. The normalized spacial score (nSPS) is 16.5. The number of carbonyl (C=O) groups excluding carboxylic acids is 1. The van der Waals surface area contributed by atoms with Crippen molar-refractivity contribution >= 4 is 11.6 Å². The van der Waals surface area contributed by atoms with E-state index in [9.17, 15) is 4.79 Å². The minimum atomic E-state index is -0.131. The minimum absolute atomic E-state index is 0.118. The summed E-state index contributed by atoms with van der Waals surface area (Å²) < 4.78 is 0. The van der Waals surface area contributed by atoms with Crippen molar-refractivity contribution in [1.82, 2.24) is 10.3 Å². The molecule has 4 nitrogen and oxygen atoms in total.